The Morgan fingerprint density at radius 2 is 2.11 bits per heavy atom. The molecule has 0 bridgehead atoms. The van der Waals surface area contributed by atoms with Crippen LogP contribution in [0.3, 0.4) is 0 Å². The van der Waals surface area contributed by atoms with Crippen molar-refractivity contribution in [1.82, 2.24) is 15.1 Å². The second kappa shape index (κ2) is 8.47. The van der Waals surface area contributed by atoms with Crippen molar-refractivity contribution in [1.29, 1.82) is 0 Å². The van der Waals surface area contributed by atoms with E-state index in [9.17, 15) is 9.59 Å². The van der Waals surface area contributed by atoms with Gasteiger partial charge in [0.2, 0.25) is 5.91 Å². The summed E-state index contributed by atoms with van der Waals surface area (Å²) in [7, 11) is 0. The van der Waals surface area contributed by atoms with Gasteiger partial charge in [0, 0.05) is 23.6 Å². The molecule has 140 valence electrons. The molecule has 9 heteroatoms. The van der Waals surface area contributed by atoms with Gasteiger partial charge in [0.1, 0.15) is 5.82 Å². The number of rotatable bonds is 7. The number of amides is 3. The van der Waals surface area contributed by atoms with E-state index in [1.807, 2.05) is 41.1 Å². The summed E-state index contributed by atoms with van der Waals surface area (Å²) in [4.78, 5) is 23.2. The van der Waals surface area contributed by atoms with E-state index in [-0.39, 0.29) is 25.5 Å². The molecule has 27 heavy (non-hydrogen) atoms. The predicted octanol–water partition coefficient (Wildman–Crippen LogP) is 1.74. The minimum absolute atomic E-state index is 0.105. The highest BCUT2D eigenvalue weighted by atomic mass is 32.1. The number of hydrogen-bond donors (Lipinski definition) is 4. The first-order valence-corrected chi connectivity index (χ1v) is 9.17. The van der Waals surface area contributed by atoms with Crippen molar-refractivity contribution in [3.8, 4) is 16.9 Å². The number of nitrogens with one attached hydrogen (secondary N) is 2. The van der Waals surface area contributed by atoms with Crippen LogP contribution in [0.4, 0.5) is 10.6 Å². The summed E-state index contributed by atoms with van der Waals surface area (Å²) >= 11 is 1.55. The number of nitrogens with two attached hydrogens (primary N) is 1. The second-order valence-corrected chi connectivity index (χ2v) is 6.53. The van der Waals surface area contributed by atoms with Crippen LogP contribution in [-0.2, 0) is 11.2 Å². The van der Waals surface area contributed by atoms with Crippen molar-refractivity contribution in [3.63, 3.8) is 0 Å². The van der Waals surface area contributed by atoms with E-state index in [1.165, 1.54) is 0 Å². The Hall–Kier alpha value is -3.17. The lowest BCUT2D eigenvalue weighted by molar-refractivity contribution is -0.120. The van der Waals surface area contributed by atoms with Crippen LogP contribution in [0.1, 0.15) is 5.56 Å². The van der Waals surface area contributed by atoms with Gasteiger partial charge in [0.25, 0.3) is 0 Å². The lowest BCUT2D eigenvalue weighted by atomic mass is 10.1. The number of anilines is 1. The number of benzene rings is 1. The third kappa shape index (κ3) is 4.72. The number of urea groups is 1. The zero-order valence-corrected chi connectivity index (χ0v) is 15.2. The summed E-state index contributed by atoms with van der Waals surface area (Å²) in [5.74, 6) is 0.252. The topological polar surface area (TPSA) is 122 Å². The Morgan fingerprint density at radius 1 is 1.26 bits per heavy atom. The van der Waals surface area contributed by atoms with Gasteiger partial charge in [-0.2, -0.15) is 16.4 Å². The Bertz CT molecular complexity index is 936. The Balaban J connectivity index is 1.91. The fourth-order valence-corrected chi connectivity index (χ4v) is 3.24. The number of thiophene rings is 1. The number of carbonyl (C=O) groups excluding carboxylic acids is 2. The number of aliphatic hydroxyl groups is 1. The van der Waals surface area contributed by atoms with Gasteiger partial charge in [-0.15, -0.1) is 0 Å². The number of hydrogen-bond acceptors (Lipinski definition) is 5. The van der Waals surface area contributed by atoms with Crippen LogP contribution in [-0.4, -0.2) is 40.0 Å². The van der Waals surface area contributed by atoms with Crippen molar-refractivity contribution < 1.29 is 14.7 Å². The van der Waals surface area contributed by atoms with Gasteiger partial charge in [0.05, 0.1) is 24.4 Å². The maximum Gasteiger partial charge on any atom is 0.317 e. The van der Waals surface area contributed by atoms with Gasteiger partial charge in [-0.3, -0.25) is 10.1 Å². The van der Waals surface area contributed by atoms with Crippen LogP contribution in [0.2, 0.25) is 0 Å². The lowest BCUT2D eigenvalue weighted by Gasteiger charge is -2.09. The molecule has 0 radical (unpaired) electrons. The molecule has 3 rings (SSSR count). The molecule has 2 heterocycles. The zero-order valence-electron chi connectivity index (χ0n) is 14.4. The molecule has 0 fully saturated rings. The molecule has 1 aromatic carbocycles. The van der Waals surface area contributed by atoms with E-state index in [0.29, 0.717) is 17.2 Å². The molecule has 3 aromatic rings. The second-order valence-electron chi connectivity index (χ2n) is 5.75. The summed E-state index contributed by atoms with van der Waals surface area (Å²) in [5.41, 5.74) is 8.38. The maximum absolute atomic E-state index is 11.9. The van der Waals surface area contributed by atoms with E-state index in [1.54, 1.807) is 22.1 Å². The van der Waals surface area contributed by atoms with Crippen molar-refractivity contribution in [3.05, 3.63) is 52.7 Å². The molecule has 0 saturated carbocycles. The number of aromatic nitrogens is 2. The molecule has 5 N–H and O–H groups in total. The van der Waals surface area contributed by atoms with Crippen LogP contribution in [0.5, 0.6) is 0 Å². The smallest absolute Gasteiger partial charge is 0.317 e. The van der Waals surface area contributed by atoms with Crippen LogP contribution in [0.25, 0.3) is 16.9 Å². The molecule has 0 aliphatic carbocycles. The van der Waals surface area contributed by atoms with Gasteiger partial charge in [0.15, 0.2) is 0 Å². The van der Waals surface area contributed by atoms with Gasteiger partial charge in [-0.25, -0.2) is 9.48 Å². The Labute approximate surface area is 159 Å². The van der Waals surface area contributed by atoms with Crippen LogP contribution in [0.15, 0.2) is 47.2 Å². The van der Waals surface area contributed by atoms with E-state index in [0.717, 1.165) is 11.1 Å². The quantitative estimate of drug-likeness (QED) is 0.495. The summed E-state index contributed by atoms with van der Waals surface area (Å²) < 4.78 is 1.58. The van der Waals surface area contributed by atoms with Crippen molar-refractivity contribution in [2.75, 3.05) is 18.5 Å². The number of carbonyl (C=O) groups is 2. The van der Waals surface area contributed by atoms with Gasteiger partial charge >= 0.3 is 6.03 Å². The zero-order chi connectivity index (χ0) is 19.2. The molecule has 0 spiro atoms. The van der Waals surface area contributed by atoms with Crippen molar-refractivity contribution >= 4 is 29.1 Å². The highest BCUT2D eigenvalue weighted by Gasteiger charge is 2.14. The van der Waals surface area contributed by atoms with Crippen LogP contribution < -0.4 is 16.4 Å². The number of nitrogens with zero attached hydrogens (tertiary/aromatic N) is 2. The molecule has 0 aliphatic rings. The molecule has 8 nitrogen and oxygen atoms in total. The molecule has 0 aliphatic heterocycles. The van der Waals surface area contributed by atoms with E-state index in [4.69, 9.17) is 10.8 Å². The maximum atomic E-state index is 11.9. The molecular weight excluding hydrogens is 366 g/mol. The SMILES string of the molecule is NC(=O)Nc1cc(-c2ccsc2)nn1-c1cccc(CC(=O)NCCO)c1. The van der Waals surface area contributed by atoms with Gasteiger partial charge in [-0.1, -0.05) is 12.1 Å². The summed E-state index contributed by atoms with van der Waals surface area (Å²) in [6.07, 6.45) is 0.172. The third-order valence-electron chi connectivity index (χ3n) is 3.73. The largest absolute Gasteiger partial charge is 0.395 e. The first-order valence-electron chi connectivity index (χ1n) is 8.23. The first-order chi connectivity index (χ1) is 13.1. The lowest BCUT2D eigenvalue weighted by Crippen LogP contribution is -2.27. The standard InChI is InChI=1S/C18H19N5O3S/c19-18(26)21-16-10-15(13-4-7-27-11-13)22-23(16)14-3-1-2-12(8-14)9-17(25)20-5-6-24/h1-4,7-8,10-11,24H,5-6,9H2,(H,20,25)(H3,19,21,26). The van der Waals surface area contributed by atoms with Crippen molar-refractivity contribution in [2.45, 2.75) is 6.42 Å². The predicted molar refractivity (Wildman–Crippen MR) is 104 cm³/mol. The average Bonchev–Trinajstić information content (AvgIpc) is 3.29. The van der Waals surface area contributed by atoms with Gasteiger partial charge < -0.3 is 16.2 Å². The fraction of sp³-hybridized carbons (Fsp3) is 0.167. The minimum Gasteiger partial charge on any atom is -0.395 e. The fourth-order valence-electron chi connectivity index (χ4n) is 2.59. The normalized spacial score (nSPS) is 10.6. The Kier molecular flexibility index (Phi) is 5.84. The number of primary amides is 1. The molecule has 2 aromatic heterocycles. The molecule has 0 saturated heterocycles. The highest BCUT2D eigenvalue weighted by molar-refractivity contribution is 7.08. The minimum atomic E-state index is -0.687. The first kappa shape index (κ1) is 18.6. The highest BCUT2D eigenvalue weighted by Crippen LogP contribution is 2.26. The van der Waals surface area contributed by atoms with E-state index in [2.05, 4.69) is 15.7 Å². The van der Waals surface area contributed by atoms with Gasteiger partial charge in [-0.05, 0) is 29.1 Å². The third-order valence-corrected chi connectivity index (χ3v) is 4.41. The van der Waals surface area contributed by atoms with Crippen LogP contribution >= 0.6 is 11.3 Å². The Morgan fingerprint density at radius 3 is 2.81 bits per heavy atom. The van der Waals surface area contributed by atoms with E-state index >= 15 is 0 Å². The molecule has 0 unspecified atom stereocenters. The summed E-state index contributed by atoms with van der Waals surface area (Å²) in [5, 5.41) is 22.5. The van der Waals surface area contributed by atoms with Crippen molar-refractivity contribution in [2.24, 2.45) is 5.73 Å². The summed E-state index contributed by atoms with van der Waals surface area (Å²) in [6.45, 7) is 0.112. The molecule has 0 atom stereocenters. The summed E-state index contributed by atoms with van der Waals surface area (Å²) in [6, 6.07) is 10.3. The monoisotopic (exact) mass is 385 g/mol. The van der Waals surface area contributed by atoms with E-state index < -0.39 is 6.03 Å². The number of aliphatic hydroxyl groups excluding tert-OH is 1. The molecular formula is C18H19N5O3S. The molecule has 3 amide bonds. The van der Waals surface area contributed by atoms with Crippen LogP contribution in [0, 0.1) is 0 Å². The average molecular weight is 385 g/mol.